The Morgan fingerprint density at radius 2 is 1.78 bits per heavy atom. The number of ether oxygens (including phenoxy) is 4. The molecule has 0 bridgehead atoms. The molecule has 0 unspecified atom stereocenters. The van der Waals surface area contributed by atoms with Crippen molar-refractivity contribution in [1.29, 1.82) is 0 Å². The van der Waals surface area contributed by atoms with Crippen molar-refractivity contribution in [1.82, 2.24) is 0 Å². The van der Waals surface area contributed by atoms with Gasteiger partial charge in [-0.1, -0.05) is 15.9 Å². The van der Waals surface area contributed by atoms with E-state index in [0.717, 1.165) is 10.0 Å². The number of hydrogen-bond acceptors (Lipinski definition) is 5. The minimum absolute atomic E-state index is 0.203. The van der Waals surface area contributed by atoms with Gasteiger partial charge in [-0.2, -0.15) is 0 Å². The van der Waals surface area contributed by atoms with Gasteiger partial charge >= 0.3 is 5.97 Å². The lowest BCUT2D eigenvalue weighted by atomic mass is 10.2. The molecular weight excluding hydrogens is 364 g/mol. The third kappa shape index (κ3) is 3.65. The minimum atomic E-state index is -0.472. The average molecular weight is 377 g/mol. The smallest absolute Gasteiger partial charge is 0.336 e. The fourth-order valence-corrected chi connectivity index (χ4v) is 2.47. The van der Waals surface area contributed by atoms with Gasteiger partial charge in [0.15, 0.2) is 11.5 Å². The largest absolute Gasteiger partial charge is 0.497 e. The molecule has 1 aliphatic heterocycles. The fourth-order valence-electron chi connectivity index (χ4n) is 2.01. The van der Waals surface area contributed by atoms with E-state index in [9.17, 15) is 4.79 Å². The van der Waals surface area contributed by atoms with Crippen LogP contribution < -0.4 is 18.9 Å². The first-order chi connectivity index (χ1) is 11.2. The second kappa shape index (κ2) is 6.75. The van der Waals surface area contributed by atoms with Crippen molar-refractivity contribution in [3.8, 4) is 23.0 Å². The Morgan fingerprint density at radius 1 is 1.13 bits per heavy atom. The third-order valence-corrected chi connectivity index (χ3v) is 3.86. The molecule has 0 radical (unpaired) electrons. The van der Waals surface area contributed by atoms with E-state index in [1.165, 1.54) is 6.08 Å². The van der Waals surface area contributed by atoms with Crippen LogP contribution in [0.5, 0.6) is 23.0 Å². The molecule has 3 rings (SSSR count). The van der Waals surface area contributed by atoms with Crippen molar-refractivity contribution >= 4 is 28.0 Å². The second-order valence-corrected chi connectivity index (χ2v) is 5.51. The molecule has 23 heavy (non-hydrogen) atoms. The summed E-state index contributed by atoms with van der Waals surface area (Å²) in [4.78, 5) is 11.9. The summed E-state index contributed by atoms with van der Waals surface area (Å²) in [7, 11) is 1.58. The highest BCUT2D eigenvalue weighted by atomic mass is 79.9. The van der Waals surface area contributed by atoms with Crippen LogP contribution in [0, 0.1) is 0 Å². The van der Waals surface area contributed by atoms with E-state index in [1.807, 2.05) is 0 Å². The number of esters is 1. The molecule has 0 spiro atoms. The summed E-state index contributed by atoms with van der Waals surface area (Å²) in [6, 6.07) is 10.4. The maximum Gasteiger partial charge on any atom is 0.336 e. The fraction of sp³-hybridized carbons (Fsp3) is 0.118. The quantitative estimate of drug-likeness (QED) is 0.461. The Bertz CT molecular complexity index is 752. The first-order valence-corrected chi connectivity index (χ1v) is 7.58. The molecule has 1 aliphatic rings. The van der Waals surface area contributed by atoms with E-state index in [2.05, 4.69) is 15.9 Å². The zero-order valence-corrected chi connectivity index (χ0v) is 13.8. The van der Waals surface area contributed by atoms with Gasteiger partial charge in [-0.15, -0.1) is 0 Å². The van der Waals surface area contributed by atoms with Gasteiger partial charge in [0.25, 0.3) is 0 Å². The van der Waals surface area contributed by atoms with Crippen LogP contribution in [-0.2, 0) is 4.79 Å². The van der Waals surface area contributed by atoms with E-state index < -0.39 is 5.97 Å². The maximum atomic E-state index is 11.9. The predicted octanol–water partition coefficient (Wildman–Crippen LogP) is 3.81. The second-order valence-electron chi connectivity index (χ2n) is 4.66. The highest BCUT2D eigenvalue weighted by Crippen LogP contribution is 2.37. The lowest BCUT2D eigenvalue weighted by molar-refractivity contribution is -0.128. The normalized spacial score (nSPS) is 12.4. The average Bonchev–Trinajstić information content (AvgIpc) is 3.00. The van der Waals surface area contributed by atoms with E-state index in [4.69, 9.17) is 18.9 Å². The third-order valence-electron chi connectivity index (χ3n) is 3.17. The number of halogens is 1. The molecule has 0 amide bonds. The van der Waals surface area contributed by atoms with Crippen LogP contribution in [0.3, 0.4) is 0 Å². The zero-order valence-electron chi connectivity index (χ0n) is 12.2. The monoisotopic (exact) mass is 376 g/mol. The number of benzene rings is 2. The molecular formula is C17H13BrO5. The standard InChI is InChI=1S/C17H13BrO5/c1-20-12-3-5-13(6-4-12)23-17(19)7-2-11-8-15-16(9-14(11)18)22-10-21-15/h2-9H,10H2,1H3. The topological polar surface area (TPSA) is 54.0 Å². The van der Waals surface area contributed by atoms with Crippen molar-refractivity contribution in [2.24, 2.45) is 0 Å². The molecule has 0 saturated carbocycles. The van der Waals surface area contributed by atoms with Gasteiger partial charge in [-0.25, -0.2) is 4.79 Å². The molecule has 1 heterocycles. The Labute approximate surface area is 141 Å². The molecule has 2 aromatic rings. The van der Waals surface area contributed by atoms with Crippen molar-refractivity contribution in [2.45, 2.75) is 0 Å². The number of carbonyl (C=O) groups excluding carboxylic acids is 1. The van der Waals surface area contributed by atoms with Gasteiger partial charge in [-0.05, 0) is 48.0 Å². The first-order valence-electron chi connectivity index (χ1n) is 6.79. The highest BCUT2D eigenvalue weighted by Gasteiger charge is 2.15. The van der Waals surface area contributed by atoms with Crippen molar-refractivity contribution in [3.05, 3.63) is 52.5 Å². The number of methoxy groups -OCH3 is 1. The lowest BCUT2D eigenvalue weighted by Gasteiger charge is -2.04. The van der Waals surface area contributed by atoms with Gasteiger partial charge in [-0.3, -0.25) is 0 Å². The van der Waals surface area contributed by atoms with Crippen LogP contribution in [0.1, 0.15) is 5.56 Å². The summed E-state index contributed by atoms with van der Waals surface area (Å²) in [6.45, 7) is 0.203. The van der Waals surface area contributed by atoms with Crippen molar-refractivity contribution in [3.63, 3.8) is 0 Å². The van der Waals surface area contributed by atoms with E-state index in [-0.39, 0.29) is 6.79 Å². The predicted molar refractivity (Wildman–Crippen MR) is 87.9 cm³/mol. The van der Waals surface area contributed by atoms with Gasteiger partial charge < -0.3 is 18.9 Å². The number of fused-ring (bicyclic) bond motifs is 1. The summed E-state index contributed by atoms with van der Waals surface area (Å²) in [5.41, 5.74) is 0.793. The van der Waals surface area contributed by atoms with Crippen LogP contribution >= 0.6 is 15.9 Å². The van der Waals surface area contributed by atoms with Crippen LogP contribution in [0.4, 0.5) is 0 Å². The summed E-state index contributed by atoms with van der Waals surface area (Å²) in [6.07, 6.45) is 3.00. The molecule has 0 atom stereocenters. The number of carbonyl (C=O) groups is 1. The highest BCUT2D eigenvalue weighted by molar-refractivity contribution is 9.10. The van der Waals surface area contributed by atoms with Crippen LogP contribution in [0.2, 0.25) is 0 Å². The molecule has 0 fully saturated rings. The van der Waals surface area contributed by atoms with Gasteiger partial charge in [0.2, 0.25) is 6.79 Å². The van der Waals surface area contributed by atoms with Gasteiger partial charge in [0.05, 0.1) is 7.11 Å². The Kier molecular flexibility index (Phi) is 4.52. The maximum absolute atomic E-state index is 11.9. The molecule has 0 aromatic heterocycles. The van der Waals surface area contributed by atoms with Crippen LogP contribution in [0.15, 0.2) is 46.9 Å². The Balaban J connectivity index is 1.68. The zero-order chi connectivity index (χ0) is 16.2. The first kappa shape index (κ1) is 15.4. The number of rotatable bonds is 4. The van der Waals surface area contributed by atoms with Crippen molar-refractivity contribution < 1.29 is 23.7 Å². The van der Waals surface area contributed by atoms with Crippen LogP contribution in [0.25, 0.3) is 6.08 Å². The summed E-state index contributed by atoms with van der Waals surface area (Å²) in [5.74, 6) is 2.00. The molecule has 0 aliphatic carbocycles. The lowest BCUT2D eigenvalue weighted by Crippen LogP contribution is -2.03. The molecule has 0 saturated heterocycles. The van der Waals surface area contributed by atoms with E-state index >= 15 is 0 Å². The summed E-state index contributed by atoms with van der Waals surface area (Å²) >= 11 is 3.43. The van der Waals surface area contributed by atoms with Crippen LogP contribution in [-0.4, -0.2) is 19.9 Å². The molecule has 2 aromatic carbocycles. The molecule has 5 nitrogen and oxygen atoms in total. The van der Waals surface area contributed by atoms with E-state index in [0.29, 0.717) is 23.0 Å². The molecule has 0 N–H and O–H groups in total. The SMILES string of the molecule is COc1ccc(OC(=O)C=Cc2cc3c(cc2Br)OCO3)cc1. The van der Waals surface area contributed by atoms with Gasteiger partial charge in [0, 0.05) is 10.5 Å². The summed E-state index contributed by atoms with van der Waals surface area (Å²) < 4.78 is 21.7. The molecule has 118 valence electrons. The summed E-state index contributed by atoms with van der Waals surface area (Å²) in [5, 5.41) is 0. The van der Waals surface area contributed by atoms with Crippen molar-refractivity contribution in [2.75, 3.05) is 13.9 Å². The number of hydrogen-bond donors (Lipinski definition) is 0. The Morgan fingerprint density at radius 3 is 2.48 bits per heavy atom. The minimum Gasteiger partial charge on any atom is -0.497 e. The van der Waals surface area contributed by atoms with E-state index in [1.54, 1.807) is 49.6 Å². The Hall–Kier alpha value is -2.47. The molecule has 6 heteroatoms. The van der Waals surface area contributed by atoms with Gasteiger partial charge in [0.1, 0.15) is 11.5 Å².